The van der Waals surface area contributed by atoms with Gasteiger partial charge in [0.2, 0.25) is 0 Å². The quantitative estimate of drug-likeness (QED) is 0.809. The highest BCUT2D eigenvalue weighted by Crippen LogP contribution is 2.28. The first kappa shape index (κ1) is 14.9. The second kappa shape index (κ2) is 6.28. The Morgan fingerprint density at radius 2 is 2.15 bits per heavy atom. The number of ether oxygens (including phenoxy) is 1. The van der Waals surface area contributed by atoms with Crippen molar-refractivity contribution in [2.24, 2.45) is 0 Å². The number of nitrogens with zero attached hydrogens (tertiary/aromatic N) is 2. The Balaban J connectivity index is 2.03. The lowest BCUT2D eigenvalue weighted by molar-refractivity contribution is 0.122. The summed E-state index contributed by atoms with van der Waals surface area (Å²) in [6.07, 6.45) is 0. The van der Waals surface area contributed by atoms with Crippen LogP contribution in [0.25, 0.3) is 0 Å². The number of hydrogen-bond donors (Lipinski definition) is 2. The molecule has 3 N–H and O–H groups in total. The number of nitrogens with one attached hydrogen (secondary N) is 1. The van der Waals surface area contributed by atoms with Crippen molar-refractivity contribution in [3.63, 3.8) is 0 Å². The molecule has 6 heteroatoms. The first-order valence-electron chi connectivity index (χ1n) is 6.77. The third-order valence-corrected chi connectivity index (χ3v) is 3.83. The molecule has 1 aliphatic heterocycles. The molecule has 1 atom stereocenters. The van der Waals surface area contributed by atoms with Gasteiger partial charge >= 0.3 is 0 Å². The molecule has 0 bridgehead atoms. The molecule has 0 saturated carbocycles. The van der Waals surface area contributed by atoms with E-state index in [1.807, 2.05) is 0 Å². The molecule has 0 radical (unpaired) electrons. The van der Waals surface area contributed by atoms with E-state index in [-0.39, 0.29) is 5.75 Å². The van der Waals surface area contributed by atoms with Crippen LogP contribution in [-0.2, 0) is 0 Å². The van der Waals surface area contributed by atoms with Gasteiger partial charge in [-0.15, -0.1) is 0 Å². The number of benzene rings is 1. The molecule has 0 aromatic heterocycles. The number of halogens is 1. The molecule has 0 amide bonds. The number of rotatable bonds is 4. The van der Waals surface area contributed by atoms with Gasteiger partial charge in [-0.25, -0.2) is 4.39 Å². The average Bonchev–Trinajstić information content (AvgIpc) is 2.41. The topological polar surface area (TPSA) is 53.8 Å². The van der Waals surface area contributed by atoms with Crippen LogP contribution in [0.3, 0.4) is 0 Å². The molecule has 2 rings (SSSR count). The molecule has 0 aliphatic carbocycles. The van der Waals surface area contributed by atoms with E-state index >= 15 is 0 Å². The van der Waals surface area contributed by atoms with Gasteiger partial charge in [-0.1, -0.05) is 0 Å². The van der Waals surface area contributed by atoms with Crippen molar-refractivity contribution in [3.05, 3.63) is 17.9 Å². The van der Waals surface area contributed by atoms with Crippen molar-refractivity contribution < 1.29 is 9.13 Å². The van der Waals surface area contributed by atoms with Gasteiger partial charge in [-0.05, 0) is 14.1 Å². The average molecular weight is 282 g/mol. The minimum absolute atomic E-state index is 0.204. The highest BCUT2D eigenvalue weighted by atomic mass is 19.1. The number of likely N-dealkylation sites (N-methyl/N-ethyl adjacent to an activating group) is 2. The predicted octanol–water partition coefficient (Wildman–Crippen LogP) is 1.07. The number of methoxy groups -OCH3 is 1. The van der Waals surface area contributed by atoms with Crippen molar-refractivity contribution in [2.75, 3.05) is 58.4 Å². The molecule has 1 unspecified atom stereocenters. The molecule has 1 aromatic rings. The monoisotopic (exact) mass is 282 g/mol. The molecular formula is C14H23FN4O. The van der Waals surface area contributed by atoms with Crippen LogP contribution >= 0.6 is 0 Å². The van der Waals surface area contributed by atoms with Crippen LogP contribution in [-0.4, -0.2) is 63.2 Å². The number of nitrogen functional groups attached to an aromatic ring is 1. The van der Waals surface area contributed by atoms with Crippen molar-refractivity contribution in [1.29, 1.82) is 0 Å². The summed E-state index contributed by atoms with van der Waals surface area (Å²) in [7, 11) is 5.69. The zero-order valence-corrected chi connectivity index (χ0v) is 12.3. The Morgan fingerprint density at radius 3 is 2.85 bits per heavy atom. The minimum Gasteiger partial charge on any atom is -0.494 e. The van der Waals surface area contributed by atoms with E-state index in [9.17, 15) is 4.39 Å². The maximum absolute atomic E-state index is 13.5. The van der Waals surface area contributed by atoms with Crippen LogP contribution in [0.2, 0.25) is 0 Å². The summed E-state index contributed by atoms with van der Waals surface area (Å²) in [4.78, 5) is 4.63. The Bertz CT molecular complexity index is 469. The van der Waals surface area contributed by atoms with Crippen LogP contribution < -0.4 is 15.8 Å². The third-order valence-electron chi connectivity index (χ3n) is 3.83. The van der Waals surface area contributed by atoms with Crippen LogP contribution in [0, 0.1) is 5.82 Å². The van der Waals surface area contributed by atoms with E-state index in [1.165, 1.54) is 13.2 Å². The summed E-state index contributed by atoms with van der Waals surface area (Å²) in [5.74, 6) is -0.235. The van der Waals surface area contributed by atoms with E-state index in [4.69, 9.17) is 10.5 Å². The van der Waals surface area contributed by atoms with Crippen LogP contribution in [0.15, 0.2) is 12.1 Å². The summed E-state index contributed by atoms with van der Waals surface area (Å²) in [5.41, 5.74) is 6.95. The van der Waals surface area contributed by atoms with Crippen LogP contribution in [0.4, 0.5) is 15.8 Å². The maximum atomic E-state index is 13.5. The van der Waals surface area contributed by atoms with Gasteiger partial charge in [-0.2, -0.15) is 0 Å². The molecule has 112 valence electrons. The van der Waals surface area contributed by atoms with Gasteiger partial charge in [0.15, 0.2) is 11.6 Å². The summed E-state index contributed by atoms with van der Waals surface area (Å²) in [6.45, 7) is 3.89. The third kappa shape index (κ3) is 3.32. The lowest BCUT2D eigenvalue weighted by Gasteiger charge is -2.38. The van der Waals surface area contributed by atoms with E-state index in [2.05, 4.69) is 29.2 Å². The van der Waals surface area contributed by atoms with Crippen LogP contribution in [0.5, 0.6) is 5.75 Å². The molecular weight excluding hydrogens is 259 g/mol. The van der Waals surface area contributed by atoms with Crippen molar-refractivity contribution >= 4 is 11.4 Å². The molecule has 20 heavy (non-hydrogen) atoms. The molecule has 0 spiro atoms. The Hall–Kier alpha value is -1.53. The second-order valence-electron chi connectivity index (χ2n) is 5.35. The van der Waals surface area contributed by atoms with Crippen LogP contribution in [0.1, 0.15) is 0 Å². The fourth-order valence-electron chi connectivity index (χ4n) is 2.43. The zero-order chi connectivity index (χ0) is 14.7. The summed E-state index contributed by atoms with van der Waals surface area (Å²) in [5, 5.41) is 3.30. The van der Waals surface area contributed by atoms with E-state index in [0.29, 0.717) is 17.4 Å². The van der Waals surface area contributed by atoms with Gasteiger partial charge in [0, 0.05) is 44.4 Å². The first-order chi connectivity index (χ1) is 9.51. The van der Waals surface area contributed by atoms with E-state index in [0.717, 1.165) is 26.2 Å². The summed E-state index contributed by atoms with van der Waals surface area (Å²) < 4.78 is 18.5. The molecule has 1 heterocycles. The van der Waals surface area contributed by atoms with Gasteiger partial charge < -0.3 is 20.7 Å². The number of nitrogens with two attached hydrogens (primary N) is 1. The fraction of sp³-hybridized carbons (Fsp3) is 0.571. The molecule has 1 aliphatic rings. The van der Waals surface area contributed by atoms with Gasteiger partial charge in [0.1, 0.15) is 0 Å². The van der Waals surface area contributed by atoms with Crippen molar-refractivity contribution in [3.8, 4) is 5.75 Å². The maximum Gasteiger partial charge on any atom is 0.167 e. The Kier molecular flexibility index (Phi) is 4.67. The van der Waals surface area contributed by atoms with Gasteiger partial charge in [-0.3, -0.25) is 4.90 Å². The number of piperazine rings is 1. The normalized spacial score (nSPS) is 20.9. The zero-order valence-electron chi connectivity index (χ0n) is 12.3. The molecule has 1 saturated heterocycles. The molecule has 1 aromatic carbocycles. The lowest BCUT2D eigenvalue weighted by Crippen LogP contribution is -2.52. The molecule has 5 nitrogen and oxygen atoms in total. The predicted molar refractivity (Wildman–Crippen MR) is 79.8 cm³/mol. The minimum atomic E-state index is -0.440. The summed E-state index contributed by atoms with van der Waals surface area (Å²) >= 11 is 0. The second-order valence-corrected chi connectivity index (χ2v) is 5.35. The smallest absolute Gasteiger partial charge is 0.167 e. The van der Waals surface area contributed by atoms with E-state index < -0.39 is 5.82 Å². The van der Waals surface area contributed by atoms with Gasteiger partial charge in [0.25, 0.3) is 0 Å². The highest BCUT2D eigenvalue weighted by Gasteiger charge is 2.22. The lowest BCUT2D eigenvalue weighted by atomic mass is 10.1. The molecule has 1 fully saturated rings. The first-order valence-corrected chi connectivity index (χ1v) is 6.77. The van der Waals surface area contributed by atoms with Crippen molar-refractivity contribution in [1.82, 2.24) is 9.80 Å². The highest BCUT2D eigenvalue weighted by molar-refractivity contribution is 5.68. The Labute approximate surface area is 119 Å². The standard InChI is InChI=1S/C14H23FN4O/c1-18-4-5-19(2)10(9-18)8-17-13-7-14(20-3)11(15)6-12(13)16/h6-7,10,17H,4-5,8-9,16H2,1-3H3. The van der Waals surface area contributed by atoms with Gasteiger partial charge in [0.05, 0.1) is 18.5 Å². The van der Waals surface area contributed by atoms with E-state index in [1.54, 1.807) is 6.07 Å². The summed E-state index contributed by atoms with van der Waals surface area (Å²) in [6, 6.07) is 3.30. The fourth-order valence-corrected chi connectivity index (χ4v) is 2.43. The Morgan fingerprint density at radius 1 is 1.40 bits per heavy atom. The van der Waals surface area contributed by atoms with Crippen molar-refractivity contribution in [2.45, 2.75) is 6.04 Å². The SMILES string of the molecule is COc1cc(NCC2CN(C)CCN2C)c(N)cc1F. The largest absolute Gasteiger partial charge is 0.494 e. The number of anilines is 2. The number of hydrogen-bond acceptors (Lipinski definition) is 5.